The zero-order valence-corrected chi connectivity index (χ0v) is 13.4. The molecular formula is C17H14N2O4S. The highest BCUT2D eigenvalue weighted by atomic mass is 32.2. The maximum absolute atomic E-state index is 12.3. The summed E-state index contributed by atoms with van der Waals surface area (Å²) in [6, 6.07) is 12.7. The molecule has 1 fully saturated rings. The highest BCUT2D eigenvalue weighted by Gasteiger charge is 2.36. The minimum atomic E-state index is -0.456. The van der Waals surface area contributed by atoms with Gasteiger partial charge in [0, 0.05) is 0 Å². The second-order valence-corrected chi connectivity index (χ2v) is 6.03. The van der Waals surface area contributed by atoms with E-state index in [1.54, 1.807) is 18.2 Å². The maximum Gasteiger partial charge on any atom is 0.294 e. The number of nitrogens with zero attached hydrogens (tertiary/aromatic N) is 1. The number of carbonyl (C=O) groups excluding carboxylic acids is 3. The van der Waals surface area contributed by atoms with Crippen LogP contribution in [-0.4, -0.2) is 28.5 Å². The van der Waals surface area contributed by atoms with Crippen LogP contribution in [0.3, 0.4) is 0 Å². The fourth-order valence-corrected chi connectivity index (χ4v) is 2.97. The summed E-state index contributed by atoms with van der Waals surface area (Å²) in [5.74, 6) is -0.280. The van der Waals surface area contributed by atoms with Crippen LogP contribution >= 0.6 is 11.8 Å². The highest BCUT2D eigenvalue weighted by Crippen LogP contribution is 2.31. The quantitative estimate of drug-likeness (QED) is 0.845. The maximum atomic E-state index is 12.3. The lowest BCUT2D eigenvalue weighted by molar-refractivity contribution is -0.129. The minimum absolute atomic E-state index is 0.210. The van der Waals surface area contributed by atoms with Crippen molar-refractivity contribution >= 4 is 34.9 Å². The third-order valence-corrected chi connectivity index (χ3v) is 4.22. The molecule has 2 heterocycles. The second-order valence-electron chi connectivity index (χ2n) is 5.03. The average molecular weight is 342 g/mol. The number of nitrogens with one attached hydrogen (secondary N) is 1. The molecule has 7 heteroatoms. The molecule has 1 saturated heterocycles. The van der Waals surface area contributed by atoms with Gasteiger partial charge in [0.2, 0.25) is 5.91 Å². The predicted molar refractivity (Wildman–Crippen MR) is 89.7 cm³/mol. The Balaban J connectivity index is 1.62. The summed E-state index contributed by atoms with van der Waals surface area (Å²) < 4.78 is 5.10. The van der Waals surface area contributed by atoms with E-state index in [1.807, 2.05) is 30.3 Å². The van der Waals surface area contributed by atoms with Gasteiger partial charge in [-0.05, 0) is 35.5 Å². The average Bonchev–Trinajstić information content (AvgIpc) is 3.18. The molecule has 1 aliphatic heterocycles. The van der Waals surface area contributed by atoms with E-state index in [1.165, 1.54) is 6.26 Å². The third kappa shape index (κ3) is 3.75. The molecule has 3 rings (SSSR count). The van der Waals surface area contributed by atoms with Gasteiger partial charge in [-0.25, -0.2) is 0 Å². The SMILES string of the molecule is O=C(CN1C(=O)S/C(=C/c2ccccc2)C1=O)NCc1ccco1. The first kappa shape index (κ1) is 16.1. The van der Waals surface area contributed by atoms with E-state index in [-0.39, 0.29) is 13.1 Å². The molecule has 24 heavy (non-hydrogen) atoms. The van der Waals surface area contributed by atoms with E-state index >= 15 is 0 Å². The molecule has 0 atom stereocenters. The normalized spacial score (nSPS) is 16.0. The van der Waals surface area contributed by atoms with E-state index < -0.39 is 17.1 Å². The van der Waals surface area contributed by atoms with Crippen LogP contribution in [0.15, 0.2) is 58.1 Å². The largest absolute Gasteiger partial charge is 0.467 e. The molecule has 6 nitrogen and oxygen atoms in total. The molecule has 3 amide bonds. The number of thioether (sulfide) groups is 1. The lowest BCUT2D eigenvalue weighted by atomic mass is 10.2. The molecule has 0 saturated carbocycles. The number of furan rings is 1. The Morgan fingerprint density at radius 1 is 1.17 bits per heavy atom. The molecule has 0 aliphatic carbocycles. The summed E-state index contributed by atoms with van der Waals surface area (Å²) in [5, 5.41) is 2.16. The van der Waals surface area contributed by atoms with Gasteiger partial charge in [-0.3, -0.25) is 19.3 Å². The van der Waals surface area contributed by atoms with Gasteiger partial charge >= 0.3 is 0 Å². The molecular weight excluding hydrogens is 328 g/mol. The van der Waals surface area contributed by atoms with Crippen LogP contribution in [0, 0.1) is 0 Å². The lowest BCUT2D eigenvalue weighted by Crippen LogP contribution is -2.39. The molecule has 2 aromatic rings. The zero-order valence-electron chi connectivity index (χ0n) is 12.6. The van der Waals surface area contributed by atoms with Crippen molar-refractivity contribution in [1.82, 2.24) is 10.2 Å². The first-order chi connectivity index (χ1) is 11.6. The van der Waals surface area contributed by atoms with Gasteiger partial charge in [0.15, 0.2) is 0 Å². The van der Waals surface area contributed by atoms with Crippen molar-refractivity contribution in [2.45, 2.75) is 6.54 Å². The molecule has 1 aromatic heterocycles. The summed E-state index contributed by atoms with van der Waals surface area (Å²) in [7, 11) is 0. The number of hydrogen-bond acceptors (Lipinski definition) is 5. The first-order valence-electron chi connectivity index (χ1n) is 7.23. The number of carbonyl (C=O) groups is 3. The monoisotopic (exact) mass is 342 g/mol. The van der Waals surface area contributed by atoms with Gasteiger partial charge in [-0.15, -0.1) is 0 Å². The molecule has 122 valence electrons. The van der Waals surface area contributed by atoms with Crippen LogP contribution in [0.5, 0.6) is 0 Å². The Hall–Kier alpha value is -2.80. The molecule has 1 aliphatic rings. The summed E-state index contributed by atoms with van der Waals surface area (Å²) in [5.41, 5.74) is 0.824. The van der Waals surface area contributed by atoms with Crippen LogP contribution in [0.2, 0.25) is 0 Å². The number of amides is 3. The molecule has 1 N–H and O–H groups in total. The van der Waals surface area contributed by atoms with Gasteiger partial charge in [0.1, 0.15) is 12.3 Å². The number of imide groups is 1. The summed E-state index contributed by atoms with van der Waals surface area (Å²) >= 11 is 0.834. The van der Waals surface area contributed by atoms with Gasteiger partial charge in [0.25, 0.3) is 11.1 Å². The van der Waals surface area contributed by atoms with E-state index in [4.69, 9.17) is 4.42 Å². The predicted octanol–water partition coefficient (Wildman–Crippen LogP) is 2.63. The number of hydrogen-bond donors (Lipinski definition) is 1. The topological polar surface area (TPSA) is 79.6 Å². The van der Waals surface area contributed by atoms with E-state index in [9.17, 15) is 14.4 Å². The Labute approximate surface area is 142 Å². The van der Waals surface area contributed by atoms with Crippen molar-refractivity contribution in [2.75, 3.05) is 6.54 Å². The molecule has 0 bridgehead atoms. The summed E-state index contributed by atoms with van der Waals surface area (Å²) in [6.45, 7) is -0.0978. The fraction of sp³-hybridized carbons (Fsp3) is 0.118. The van der Waals surface area contributed by atoms with Gasteiger partial charge in [-0.2, -0.15) is 0 Å². The fourth-order valence-electron chi connectivity index (χ4n) is 2.14. The standard InChI is InChI=1S/C17H14N2O4S/c20-15(18-10-13-7-4-8-23-13)11-19-16(21)14(24-17(19)22)9-12-5-2-1-3-6-12/h1-9H,10-11H2,(H,18,20)/b14-9+. The molecule has 0 radical (unpaired) electrons. The Morgan fingerprint density at radius 3 is 2.67 bits per heavy atom. The number of benzene rings is 1. The zero-order chi connectivity index (χ0) is 16.9. The van der Waals surface area contributed by atoms with Crippen molar-refractivity contribution in [2.24, 2.45) is 0 Å². The minimum Gasteiger partial charge on any atom is -0.467 e. The Morgan fingerprint density at radius 2 is 1.96 bits per heavy atom. The van der Waals surface area contributed by atoms with Crippen LogP contribution in [0.25, 0.3) is 6.08 Å². The lowest BCUT2D eigenvalue weighted by Gasteiger charge is -2.11. The van der Waals surface area contributed by atoms with Gasteiger partial charge < -0.3 is 9.73 Å². The molecule has 0 unspecified atom stereocenters. The Kier molecular flexibility index (Phi) is 4.81. The van der Waals surface area contributed by atoms with Crippen molar-refractivity contribution in [3.63, 3.8) is 0 Å². The summed E-state index contributed by atoms with van der Waals surface area (Å²) in [6.07, 6.45) is 3.15. The van der Waals surface area contributed by atoms with Gasteiger partial charge in [-0.1, -0.05) is 30.3 Å². The third-order valence-electron chi connectivity index (χ3n) is 3.31. The van der Waals surface area contributed by atoms with E-state index in [0.29, 0.717) is 10.7 Å². The van der Waals surface area contributed by atoms with Crippen LogP contribution < -0.4 is 5.32 Å². The highest BCUT2D eigenvalue weighted by molar-refractivity contribution is 8.18. The van der Waals surface area contributed by atoms with Crippen molar-refractivity contribution in [1.29, 1.82) is 0 Å². The number of rotatable bonds is 5. The van der Waals surface area contributed by atoms with E-state index in [2.05, 4.69) is 5.32 Å². The van der Waals surface area contributed by atoms with Crippen LogP contribution in [0.1, 0.15) is 11.3 Å². The van der Waals surface area contributed by atoms with Crippen molar-refractivity contribution in [3.05, 3.63) is 65.0 Å². The molecule has 1 aromatic carbocycles. The van der Waals surface area contributed by atoms with Crippen LogP contribution in [0.4, 0.5) is 4.79 Å². The second kappa shape index (κ2) is 7.18. The van der Waals surface area contributed by atoms with E-state index in [0.717, 1.165) is 22.2 Å². The smallest absolute Gasteiger partial charge is 0.294 e. The van der Waals surface area contributed by atoms with Crippen molar-refractivity contribution < 1.29 is 18.8 Å². The first-order valence-corrected chi connectivity index (χ1v) is 8.04. The van der Waals surface area contributed by atoms with Crippen molar-refractivity contribution in [3.8, 4) is 0 Å². The van der Waals surface area contributed by atoms with Crippen LogP contribution in [-0.2, 0) is 16.1 Å². The summed E-state index contributed by atoms with van der Waals surface area (Å²) in [4.78, 5) is 37.5. The molecule has 0 spiro atoms. The Bertz CT molecular complexity index is 784. The van der Waals surface area contributed by atoms with Gasteiger partial charge in [0.05, 0.1) is 17.7 Å².